The summed E-state index contributed by atoms with van der Waals surface area (Å²) in [4.78, 5) is 0. The Morgan fingerprint density at radius 3 is 2.36 bits per heavy atom. The van der Waals surface area contributed by atoms with E-state index in [1.807, 2.05) is 0 Å². The third-order valence-electron chi connectivity index (χ3n) is 3.75. The van der Waals surface area contributed by atoms with Crippen LogP contribution in [0.3, 0.4) is 0 Å². The molecule has 1 saturated carbocycles. The summed E-state index contributed by atoms with van der Waals surface area (Å²) >= 11 is 0. The van der Waals surface area contributed by atoms with E-state index < -0.39 is 0 Å². The van der Waals surface area contributed by atoms with Gasteiger partial charge in [-0.1, -0.05) is 27.2 Å². The molecule has 0 aromatic carbocycles. The van der Waals surface area contributed by atoms with Crippen LogP contribution in [-0.2, 0) is 9.47 Å². The van der Waals surface area contributed by atoms with Gasteiger partial charge in [0.15, 0.2) is 5.79 Å². The van der Waals surface area contributed by atoms with Gasteiger partial charge in [0, 0.05) is 12.3 Å². The second-order valence-corrected chi connectivity index (χ2v) is 5.25. The van der Waals surface area contributed by atoms with Gasteiger partial charge in [-0.15, -0.1) is 0 Å². The first-order valence-corrected chi connectivity index (χ1v) is 5.92. The highest BCUT2D eigenvalue weighted by atomic mass is 16.7. The van der Waals surface area contributed by atoms with Crippen molar-refractivity contribution in [2.45, 2.75) is 45.8 Å². The first kappa shape index (κ1) is 10.4. The molecule has 2 fully saturated rings. The molecule has 1 spiro atoms. The minimum atomic E-state index is -0.216. The molecule has 0 N–H and O–H groups in total. The van der Waals surface area contributed by atoms with Crippen LogP contribution in [0.15, 0.2) is 0 Å². The summed E-state index contributed by atoms with van der Waals surface area (Å²) in [6.07, 6.45) is 3.69. The molecule has 82 valence electrons. The standard InChI is InChI=1S/C12H22O2/c1-9(2)11-5-4-10(3)8-12(11)13-6-7-14-12/h9-11H,4-8H2,1-3H3/t10-,11+/m1/s1. The topological polar surface area (TPSA) is 18.5 Å². The largest absolute Gasteiger partial charge is 0.347 e. The predicted molar refractivity (Wildman–Crippen MR) is 56.0 cm³/mol. The molecule has 2 nitrogen and oxygen atoms in total. The molecule has 0 aromatic heterocycles. The summed E-state index contributed by atoms with van der Waals surface area (Å²) in [7, 11) is 0. The summed E-state index contributed by atoms with van der Waals surface area (Å²) < 4.78 is 11.8. The van der Waals surface area contributed by atoms with Gasteiger partial charge in [0.05, 0.1) is 13.2 Å². The smallest absolute Gasteiger partial charge is 0.171 e. The highest BCUT2D eigenvalue weighted by molar-refractivity contribution is 4.90. The molecule has 2 heteroatoms. The van der Waals surface area contributed by atoms with Crippen molar-refractivity contribution in [1.29, 1.82) is 0 Å². The van der Waals surface area contributed by atoms with Gasteiger partial charge >= 0.3 is 0 Å². The fraction of sp³-hybridized carbons (Fsp3) is 1.00. The van der Waals surface area contributed by atoms with E-state index in [1.165, 1.54) is 12.8 Å². The molecule has 0 aromatic rings. The molecule has 0 amide bonds. The molecule has 14 heavy (non-hydrogen) atoms. The maximum Gasteiger partial charge on any atom is 0.171 e. The van der Waals surface area contributed by atoms with Crippen molar-refractivity contribution in [2.75, 3.05) is 13.2 Å². The molecule has 0 unspecified atom stereocenters. The predicted octanol–water partition coefficient (Wildman–Crippen LogP) is 2.82. The number of ether oxygens (including phenoxy) is 2. The van der Waals surface area contributed by atoms with Crippen molar-refractivity contribution in [3.8, 4) is 0 Å². The van der Waals surface area contributed by atoms with E-state index >= 15 is 0 Å². The van der Waals surface area contributed by atoms with Gasteiger partial charge in [0.1, 0.15) is 0 Å². The highest BCUT2D eigenvalue weighted by Crippen LogP contribution is 2.45. The van der Waals surface area contributed by atoms with Gasteiger partial charge in [0.2, 0.25) is 0 Å². The summed E-state index contributed by atoms with van der Waals surface area (Å²) in [5, 5.41) is 0. The lowest BCUT2D eigenvalue weighted by Gasteiger charge is -2.43. The molecule has 2 aliphatic rings. The van der Waals surface area contributed by atoms with Crippen LogP contribution < -0.4 is 0 Å². The summed E-state index contributed by atoms with van der Waals surface area (Å²) in [6.45, 7) is 8.45. The lowest BCUT2D eigenvalue weighted by molar-refractivity contribution is -0.230. The van der Waals surface area contributed by atoms with Crippen LogP contribution in [0.5, 0.6) is 0 Å². The molecule has 1 heterocycles. The van der Waals surface area contributed by atoms with E-state index in [4.69, 9.17) is 9.47 Å². The van der Waals surface area contributed by atoms with Crippen LogP contribution >= 0.6 is 0 Å². The SMILES string of the molecule is CC(C)[C@@H]1CC[C@@H](C)CC12OCCO2. The zero-order valence-corrected chi connectivity index (χ0v) is 9.58. The summed E-state index contributed by atoms with van der Waals surface area (Å²) in [5.41, 5.74) is 0. The Balaban J connectivity index is 2.14. The van der Waals surface area contributed by atoms with E-state index in [9.17, 15) is 0 Å². The van der Waals surface area contributed by atoms with Crippen LogP contribution in [0.4, 0.5) is 0 Å². The molecular formula is C12H22O2. The van der Waals surface area contributed by atoms with Crippen LogP contribution in [0.2, 0.25) is 0 Å². The Kier molecular flexibility index (Phi) is 2.85. The average molecular weight is 198 g/mol. The first-order valence-electron chi connectivity index (χ1n) is 5.92. The Morgan fingerprint density at radius 1 is 1.14 bits per heavy atom. The second kappa shape index (κ2) is 3.82. The Morgan fingerprint density at radius 2 is 1.79 bits per heavy atom. The molecule has 2 rings (SSSR count). The fourth-order valence-corrected chi connectivity index (χ4v) is 3.07. The van der Waals surface area contributed by atoms with Gasteiger partial charge in [-0.3, -0.25) is 0 Å². The Hall–Kier alpha value is -0.0800. The van der Waals surface area contributed by atoms with E-state index in [2.05, 4.69) is 20.8 Å². The van der Waals surface area contributed by atoms with Crippen molar-refractivity contribution < 1.29 is 9.47 Å². The van der Waals surface area contributed by atoms with Gasteiger partial charge in [0.25, 0.3) is 0 Å². The van der Waals surface area contributed by atoms with Crippen molar-refractivity contribution in [2.24, 2.45) is 17.8 Å². The number of hydrogen-bond acceptors (Lipinski definition) is 2. The van der Waals surface area contributed by atoms with Gasteiger partial charge in [-0.05, 0) is 18.3 Å². The number of rotatable bonds is 1. The summed E-state index contributed by atoms with van der Waals surface area (Å²) in [5.74, 6) is 1.80. The van der Waals surface area contributed by atoms with Crippen molar-refractivity contribution >= 4 is 0 Å². The maximum absolute atomic E-state index is 5.90. The van der Waals surface area contributed by atoms with E-state index in [1.54, 1.807) is 0 Å². The van der Waals surface area contributed by atoms with Crippen LogP contribution in [0.25, 0.3) is 0 Å². The van der Waals surface area contributed by atoms with E-state index in [-0.39, 0.29) is 5.79 Å². The van der Waals surface area contributed by atoms with Crippen molar-refractivity contribution in [3.05, 3.63) is 0 Å². The second-order valence-electron chi connectivity index (χ2n) is 5.25. The monoisotopic (exact) mass is 198 g/mol. The highest BCUT2D eigenvalue weighted by Gasteiger charge is 2.48. The molecule has 1 aliphatic heterocycles. The lowest BCUT2D eigenvalue weighted by Crippen LogP contribution is -2.46. The normalized spacial score (nSPS) is 36.9. The van der Waals surface area contributed by atoms with Gasteiger partial charge < -0.3 is 9.47 Å². The van der Waals surface area contributed by atoms with Crippen molar-refractivity contribution in [3.63, 3.8) is 0 Å². The third-order valence-corrected chi connectivity index (χ3v) is 3.75. The fourth-order valence-electron chi connectivity index (χ4n) is 3.07. The molecule has 0 bridgehead atoms. The maximum atomic E-state index is 5.90. The van der Waals surface area contributed by atoms with Gasteiger partial charge in [-0.25, -0.2) is 0 Å². The minimum absolute atomic E-state index is 0.216. The first-order chi connectivity index (χ1) is 6.64. The summed E-state index contributed by atoms with van der Waals surface area (Å²) in [6, 6.07) is 0. The zero-order chi connectivity index (χ0) is 10.2. The van der Waals surface area contributed by atoms with Crippen LogP contribution in [0.1, 0.15) is 40.0 Å². The molecule has 1 aliphatic carbocycles. The number of hydrogen-bond donors (Lipinski definition) is 0. The third kappa shape index (κ3) is 1.70. The molecule has 1 saturated heterocycles. The molecule has 2 atom stereocenters. The molecule has 0 radical (unpaired) electrons. The average Bonchev–Trinajstić information content (AvgIpc) is 2.52. The Bertz CT molecular complexity index is 194. The minimum Gasteiger partial charge on any atom is -0.347 e. The lowest BCUT2D eigenvalue weighted by atomic mass is 9.73. The van der Waals surface area contributed by atoms with E-state index in [0.29, 0.717) is 11.8 Å². The van der Waals surface area contributed by atoms with Crippen LogP contribution in [-0.4, -0.2) is 19.0 Å². The quantitative estimate of drug-likeness (QED) is 0.645. The molecular weight excluding hydrogens is 176 g/mol. The van der Waals surface area contributed by atoms with Gasteiger partial charge in [-0.2, -0.15) is 0 Å². The van der Waals surface area contributed by atoms with Crippen molar-refractivity contribution in [1.82, 2.24) is 0 Å². The zero-order valence-electron chi connectivity index (χ0n) is 9.58. The van der Waals surface area contributed by atoms with Crippen LogP contribution in [0, 0.1) is 17.8 Å². The van der Waals surface area contributed by atoms with E-state index in [0.717, 1.165) is 25.6 Å². The Labute approximate surface area is 87.0 Å².